The topological polar surface area (TPSA) is 37.3 Å². The monoisotopic (exact) mass is 222 g/mol. The molecule has 1 atom stereocenters. The molecule has 16 heavy (non-hydrogen) atoms. The molecule has 1 aromatic rings. The van der Waals surface area contributed by atoms with Crippen LogP contribution in [0.15, 0.2) is 24.3 Å². The molecule has 2 rings (SSSR count). The highest BCUT2D eigenvalue weighted by Crippen LogP contribution is 2.35. The summed E-state index contributed by atoms with van der Waals surface area (Å²) >= 11 is 0. The summed E-state index contributed by atoms with van der Waals surface area (Å²) in [5.41, 5.74) is 0.516. The Balaban J connectivity index is 2.11. The average Bonchev–Trinajstić information content (AvgIpc) is 2.17. The molecule has 2 nitrogen and oxygen atoms in total. The SMILES string of the molecule is O=C(O)C(Cc1ccccc1F)C1CCC1. The molecule has 0 saturated heterocycles. The third kappa shape index (κ3) is 2.23. The van der Waals surface area contributed by atoms with Crippen LogP contribution < -0.4 is 0 Å². The summed E-state index contributed by atoms with van der Waals surface area (Å²) in [6.07, 6.45) is 3.34. The van der Waals surface area contributed by atoms with Crippen molar-refractivity contribution in [2.24, 2.45) is 11.8 Å². The van der Waals surface area contributed by atoms with E-state index < -0.39 is 11.9 Å². The number of hydrogen-bond donors (Lipinski definition) is 1. The first-order chi connectivity index (χ1) is 7.68. The van der Waals surface area contributed by atoms with Crippen LogP contribution in [0.25, 0.3) is 0 Å². The summed E-state index contributed by atoms with van der Waals surface area (Å²) < 4.78 is 13.4. The third-order valence-electron chi connectivity index (χ3n) is 3.43. The van der Waals surface area contributed by atoms with Crippen molar-refractivity contribution in [3.63, 3.8) is 0 Å². The first-order valence-electron chi connectivity index (χ1n) is 5.64. The Morgan fingerprint density at radius 1 is 1.44 bits per heavy atom. The molecule has 0 spiro atoms. The molecule has 0 heterocycles. The quantitative estimate of drug-likeness (QED) is 0.850. The minimum Gasteiger partial charge on any atom is -0.481 e. The third-order valence-corrected chi connectivity index (χ3v) is 3.43. The van der Waals surface area contributed by atoms with Gasteiger partial charge < -0.3 is 5.11 Å². The van der Waals surface area contributed by atoms with Crippen molar-refractivity contribution in [2.45, 2.75) is 25.7 Å². The summed E-state index contributed by atoms with van der Waals surface area (Å²) in [5.74, 6) is -1.29. The van der Waals surface area contributed by atoms with Crippen molar-refractivity contribution in [3.8, 4) is 0 Å². The van der Waals surface area contributed by atoms with E-state index in [0.29, 0.717) is 12.0 Å². The van der Waals surface area contributed by atoms with E-state index in [2.05, 4.69) is 0 Å². The molecule has 86 valence electrons. The standard InChI is InChI=1S/C13H15FO2/c14-12-7-2-1-4-10(12)8-11(13(15)16)9-5-3-6-9/h1-2,4,7,9,11H,3,5-6,8H2,(H,15,16). The van der Waals surface area contributed by atoms with Gasteiger partial charge in [0, 0.05) is 0 Å². The van der Waals surface area contributed by atoms with Crippen LogP contribution in [-0.4, -0.2) is 11.1 Å². The maximum absolute atomic E-state index is 13.4. The number of aliphatic carboxylic acids is 1. The molecule has 0 radical (unpaired) electrons. The second kappa shape index (κ2) is 4.64. The van der Waals surface area contributed by atoms with E-state index in [0.717, 1.165) is 19.3 Å². The van der Waals surface area contributed by atoms with Crippen molar-refractivity contribution < 1.29 is 14.3 Å². The van der Waals surface area contributed by atoms with Gasteiger partial charge >= 0.3 is 5.97 Å². The lowest BCUT2D eigenvalue weighted by Gasteiger charge is -2.31. The number of carboxylic acid groups (broad SMARTS) is 1. The number of carbonyl (C=O) groups is 1. The summed E-state index contributed by atoms with van der Waals surface area (Å²) in [5, 5.41) is 9.14. The highest BCUT2D eigenvalue weighted by molar-refractivity contribution is 5.71. The Morgan fingerprint density at radius 3 is 2.62 bits per heavy atom. The molecular weight excluding hydrogens is 207 g/mol. The van der Waals surface area contributed by atoms with Gasteiger partial charge in [0.1, 0.15) is 5.82 Å². The highest BCUT2D eigenvalue weighted by atomic mass is 19.1. The van der Waals surface area contributed by atoms with Crippen LogP contribution in [0.1, 0.15) is 24.8 Å². The fourth-order valence-electron chi connectivity index (χ4n) is 2.20. The van der Waals surface area contributed by atoms with E-state index in [1.54, 1.807) is 18.2 Å². The maximum atomic E-state index is 13.4. The minimum atomic E-state index is -0.798. The molecule has 0 aromatic heterocycles. The molecule has 0 bridgehead atoms. The molecule has 3 heteroatoms. The first kappa shape index (κ1) is 11.1. The van der Waals surface area contributed by atoms with E-state index in [1.807, 2.05) is 0 Å². The summed E-state index contributed by atoms with van der Waals surface area (Å²) in [4.78, 5) is 11.1. The molecule has 1 saturated carbocycles. The van der Waals surface area contributed by atoms with E-state index >= 15 is 0 Å². The van der Waals surface area contributed by atoms with Crippen LogP contribution in [0.2, 0.25) is 0 Å². The normalized spacial score (nSPS) is 17.8. The molecule has 1 aliphatic carbocycles. The van der Waals surface area contributed by atoms with Gasteiger partial charge in [-0.15, -0.1) is 0 Å². The Bertz CT molecular complexity index is 385. The second-order valence-corrected chi connectivity index (χ2v) is 4.43. The predicted molar refractivity (Wildman–Crippen MR) is 58.6 cm³/mol. The molecule has 1 aliphatic rings. The number of halogens is 1. The fourth-order valence-corrected chi connectivity index (χ4v) is 2.20. The van der Waals surface area contributed by atoms with E-state index in [-0.39, 0.29) is 11.7 Å². The zero-order chi connectivity index (χ0) is 11.5. The minimum absolute atomic E-state index is 0.233. The van der Waals surface area contributed by atoms with Crippen molar-refractivity contribution in [1.29, 1.82) is 0 Å². The zero-order valence-electron chi connectivity index (χ0n) is 9.03. The van der Waals surface area contributed by atoms with Crippen LogP contribution in [0.5, 0.6) is 0 Å². The van der Waals surface area contributed by atoms with Crippen molar-refractivity contribution >= 4 is 5.97 Å². The van der Waals surface area contributed by atoms with Crippen LogP contribution in [-0.2, 0) is 11.2 Å². The summed E-state index contributed by atoms with van der Waals surface area (Å²) in [6.45, 7) is 0. The van der Waals surface area contributed by atoms with Gasteiger partial charge in [0.2, 0.25) is 0 Å². The lowest BCUT2D eigenvalue weighted by atomic mass is 9.73. The summed E-state index contributed by atoms with van der Waals surface area (Å²) in [6, 6.07) is 6.43. The van der Waals surface area contributed by atoms with Crippen molar-refractivity contribution in [1.82, 2.24) is 0 Å². The summed E-state index contributed by atoms with van der Waals surface area (Å²) in [7, 11) is 0. The predicted octanol–water partition coefficient (Wildman–Crippen LogP) is 2.87. The van der Waals surface area contributed by atoms with Gasteiger partial charge in [-0.2, -0.15) is 0 Å². The van der Waals surface area contributed by atoms with Crippen LogP contribution in [0, 0.1) is 17.7 Å². The van der Waals surface area contributed by atoms with Gasteiger partial charge in [-0.3, -0.25) is 4.79 Å². The largest absolute Gasteiger partial charge is 0.481 e. The van der Waals surface area contributed by atoms with Gasteiger partial charge in [0.25, 0.3) is 0 Å². The molecule has 1 aromatic carbocycles. The van der Waals surface area contributed by atoms with E-state index in [4.69, 9.17) is 5.11 Å². The Kier molecular flexibility index (Phi) is 3.22. The van der Waals surface area contributed by atoms with Gasteiger partial charge in [0.15, 0.2) is 0 Å². The first-order valence-corrected chi connectivity index (χ1v) is 5.64. The van der Waals surface area contributed by atoms with Gasteiger partial charge in [-0.1, -0.05) is 24.6 Å². The molecule has 1 N–H and O–H groups in total. The number of benzene rings is 1. The zero-order valence-corrected chi connectivity index (χ0v) is 9.03. The Labute approximate surface area is 94.1 Å². The molecule has 1 fully saturated rings. The second-order valence-electron chi connectivity index (χ2n) is 4.43. The van der Waals surface area contributed by atoms with Crippen molar-refractivity contribution in [3.05, 3.63) is 35.6 Å². The Hall–Kier alpha value is -1.38. The van der Waals surface area contributed by atoms with Crippen LogP contribution >= 0.6 is 0 Å². The molecule has 0 aliphatic heterocycles. The molecular formula is C13H15FO2. The smallest absolute Gasteiger partial charge is 0.307 e. The van der Waals surface area contributed by atoms with Crippen LogP contribution in [0.4, 0.5) is 4.39 Å². The molecule has 1 unspecified atom stereocenters. The van der Waals surface area contributed by atoms with Gasteiger partial charge in [-0.25, -0.2) is 4.39 Å². The van der Waals surface area contributed by atoms with Gasteiger partial charge in [0.05, 0.1) is 5.92 Å². The Morgan fingerprint density at radius 2 is 2.12 bits per heavy atom. The van der Waals surface area contributed by atoms with Crippen molar-refractivity contribution in [2.75, 3.05) is 0 Å². The van der Waals surface area contributed by atoms with Gasteiger partial charge in [-0.05, 0) is 36.8 Å². The fraction of sp³-hybridized carbons (Fsp3) is 0.462. The lowest BCUT2D eigenvalue weighted by molar-refractivity contribution is -0.144. The number of rotatable bonds is 4. The maximum Gasteiger partial charge on any atom is 0.307 e. The van der Waals surface area contributed by atoms with E-state index in [1.165, 1.54) is 6.07 Å². The average molecular weight is 222 g/mol. The highest BCUT2D eigenvalue weighted by Gasteiger charge is 2.32. The number of hydrogen-bond acceptors (Lipinski definition) is 1. The van der Waals surface area contributed by atoms with E-state index in [9.17, 15) is 9.18 Å². The lowest BCUT2D eigenvalue weighted by Crippen LogP contribution is -2.30. The number of carboxylic acids is 1. The molecule has 0 amide bonds. The van der Waals surface area contributed by atoms with Crippen LogP contribution in [0.3, 0.4) is 0 Å².